The summed E-state index contributed by atoms with van der Waals surface area (Å²) in [6.07, 6.45) is 2.03. The van der Waals surface area contributed by atoms with E-state index in [-0.39, 0.29) is 6.10 Å². The van der Waals surface area contributed by atoms with Gasteiger partial charge in [0.15, 0.2) is 0 Å². The number of pyridine rings is 1. The number of halogens is 1. The van der Waals surface area contributed by atoms with Crippen LogP contribution in [0.3, 0.4) is 0 Å². The summed E-state index contributed by atoms with van der Waals surface area (Å²) in [6, 6.07) is 17.5. The fraction of sp³-hybridized carbons (Fsp3) is 0.231. The number of carbonyl (C=O) groups is 1. The lowest BCUT2D eigenvalue weighted by atomic mass is 10.1. The van der Waals surface area contributed by atoms with Crippen LogP contribution >= 0.6 is 24.2 Å². The van der Waals surface area contributed by atoms with Crippen molar-refractivity contribution in [1.29, 1.82) is 0 Å². The Balaban J connectivity index is 0.000000179. The molecule has 0 bridgehead atoms. The quantitative estimate of drug-likeness (QED) is 0.293. The largest absolute Gasteiger partial charge is 0.491 e. The molecule has 4 aromatic rings. The molecule has 1 unspecified atom stereocenters. The molecule has 1 amide bonds. The molecule has 4 N–H and O–H groups in total. The minimum atomic E-state index is -0.526. The third kappa shape index (κ3) is 6.55. The topological polar surface area (TPSA) is 102 Å². The monoisotopic (exact) mass is 510 g/mol. The molecule has 1 aliphatic rings. The number of thiol groups is 1. The summed E-state index contributed by atoms with van der Waals surface area (Å²) in [7, 11) is 0. The number of ether oxygens (including phenoxy) is 2. The van der Waals surface area contributed by atoms with E-state index in [2.05, 4.69) is 46.1 Å². The van der Waals surface area contributed by atoms with Gasteiger partial charge in [-0.05, 0) is 48.9 Å². The minimum Gasteiger partial charge on any atom is -0.491 e. The van der Waals surface area contributed by atoms with Gasteiger partial charge in [0.1, 0.15) is 24.2 Å². The molecule has 2 aromatic heterocycles. The standard InChI is InChI=1S/C17H20N2O2.C9H7ClN2OS/c1-13-2-3-15(10-19-13)14-4-6-16(7-5-14)21-12-17-11-18-8-9-20-17;10-4-1-2-6-5(3-4)8(14)7(12-6)9(11)13/h2-7,10,17-18H,8-9,11-12H2,1H3;1-3,12,14H,(H2,11,13). The van der Waals surface area contributed by atoms with Crippen molar-refractivity contribution in [2.24, 2.45) is 5.73 Å². The highest BCUT2D eigenvalue weighted by molar-refractivity contribution is 7.80. The van der Waals surface area contributed by atoms with E-state index in [0.29, 0.717) is 22.2 Å². The molecule has 0 spiro atoms. The SMILES string of the molecule is Cc1ccc(-c2ccc(OCC3CNCCO3)cc2)cn1.NC(=O)c1[nH]c2ccc(Cl)cc2c1S. The summed E-state index contributed by atoms with van der Waals surface area (Å²) < 4.78 is 11.4. The van der Waals surface area contributed by atoms with Crippen molar-refractivity contribution in [3.63, 3.8) is 0 Å². The molecule has 3 heterocycles. The van der Waals surface area contributed by atoms with Crippen molar-refractivity contribution >= 4 is 41.0 Å². The number of rotatable bonds is 5. The van der Waals surface area contributed by atoms with Crippen molar-refractivity contribution in [2.75, 3.05) is 26.3 Å². The molecule has 1 atom stereocenters. The second-order valence-electron chi connectivity index (χ2n) is 8.12. The molecule has 0 aliphatic carbocycles. The molecule has 2 aromatic carbocycles. The van der Waals surface area contributed by atoms with E-state index >= 15 is 0 Å². The molecule has 0 radical (unpaired) electrons. The normalized spacial score (nSPS) is 15.3. The second kappa shape index (κ2) is 11.6. The minimum absolute atomic E-state index is 0.139. The van der Waals surface area contributed by atoms with E-state index in [1.54, 1.807) is 18.2 Å². The van der Waals surface area contributed by atoms with Gasteiger partial charge in [-0.1, -0.05) is 29.8 Å². The second-order valence-corrected chi connectivity index (χ2v) is 9.01. The van der Waals surface area contributed by atoms with Gasteiger partial charge in [-0.15, -0.1) is 12.6 Å². The number of hydrogen-bond acceptors (Lipinski definition) is 6. The highest BCUT2D eigenvalue weighted by atomic mass is 35.5. The first-order chi connectivity index (χ1) is 16.9. The van der Waals surface area contributed by atoms with Crippen LogP contribution in [0.15, 0.2) is 65.7 Å². The van der Waals surface area contributed by atoms with Crippen molar-refractivity contribution in [3.05, 3.63) is 77.2 Å². The van der Waals surface area contributed by atoms with Crippen LogP contribution in [0, 0.1) is 6.92 Å². The van der Waals surface area contributed by atoms with Gasteiger partial charge in [0.05, 0.1) is 6.61 Å². The zero-order valence-electron chi connectivity index (χ0n) is 19.3. The molecule has 9 heteroatoms. The van der Waals surface area contributed by atoms with Gasteiger partial charge >= 0.3 is 0 Å². The van der Waals surface area contributed by atoms with Crippen LogP contribution < -0.4 is 15.8 Å². The number of aryl methyl sites for hydroxylation is 1. The van der Waals surface area contributed by atoms with E-state index in [1.165, 1.54) is 0 Å². The van der Waals surface area contributed by atoms with Crippen LogP contribution in [0.5, 0.6) is 5.75 Å². The average molecular weight is 511 g/mol. The zero-order chi connectivity index (χ0) is 24.8. The van der Waals surface area contributed by atoms with Gasteiger partial charge in [-0.3, -0.25) is 9.78 Å². The molecular weight excluding hydrogens is 484 g/mol. The third-order valence-corrected chi connectivity index (χ3v) is 6.22. The number of nitrogens with two attached hydrogens (primary N) is 1. The summed E-state index contributed by atoms with van der Waals surface area (Å²) >= 11 is 10.0. The maximum absolute atomic E-state index is 11.0. The van der Waals surface area contributed by atoms with E-state index in [1.807, 2.05) is 31.3 Å². The number of amides is 1. The van der Waals surface area contributed by atoms with Gasteiger partial charge in [-0.25, -0.2) is 0 Å². The average Bonchev–Trinajstić information content (AvgIpc) is 3.21. The maximum Gasteiger partial charge on any atom is 0.266 e. The lowest BCUT2D eigenvalue weighted by Gasteiger charge is -2.23. The van der Waals surface area contributed by atoms with Crippen molar-refractivity contribution in [1.82, 2.24) is 15.3 Å². The number of benzene rings is 2. The fourth-order valence-electron chi connectivity index (χ4n) is 3.63. The van der Waals surface area contributed by atoms with Crippen LogP contribution in [0.1, 0.15) is 16.2 Å². The highest BCUT2D eigenvalue weighted by Gasteiger charge is 2.14. The van der Waals surface area contributed by atoms with Crippen LogP contribution in [0.25, 0.3) is 22.0 Å². The maximum atomic E-state index is 11.0. The Morgan fingerprint density at radius 2 is 1.97 bits per heavy atom. The molecule has 7 nitrogen and oxygen atoms in total. The summed E-state index contributed by atoms with van der Waals surface area (Å²) in [6.45, 7) is 5.11. The van der Waals surface area contributed by atoms with Gasteiger partial charge in [0, 0.05) is 51.4 Å². The summed E-state index contributed by atoms with van der Waals surface area (Å²) in [5, 5.41) is 4.69. The van der Waals surface area contributed by atoms with Gasteiger partial charge in [0.25, 0.3) is 5.91 Å². The first-order valence-electron chi connectivity index (χ1n) is 11.2. The Morgan fingerprint density at radius 1 is 1.20 bits per heavy atom. The first-order valence-corrected chi connectivity index (χ1v) is 12.0. The summed E-state index contributed by atoms with van der Waals surface area (Å²) in [5.41, 5.74) is 9.56. The number of aromatic nitrogens is 2. The smallest absolute Gasteiger partial charge is 0.266 e. The lowest BCUT2D eigenvalue weighted by molar-refractivity contribution is 0.000198. The lowest BCUT2D eigenvalue weighted by Crippen LogP contribution is -2.41. The van der Waals surface area contributed by atoms with Crippen LogP contribution in [-0.4, -0.2) is 48.3 Å². The predicted molar refractivity (Wildman–Crippen MR) is 142 cm³/mol. The molecule has 182 valence electrons. The van der Waals surface area contributed by atoms with Crippen molar-refractivity contribution in [3.8, 4) is 16.9 Å². The number of hydrogen-bond donors (Lipinski definition) is 4. The summed E-state index contributed by atoms with van der Waals surface area (Å²) in [5.74, 6) is 0.343. The van der Waals surface area contributed by atoms with Crippen LogP contribution in [-0.2, 0) is 4.74 Å². The molecule has 0 saturated carbocycles. The number of primary amides is 1. The Kier molecular flexibility index (Phi) is 8.30. The predicted octanol–water partition coefficient (Wildman–Crippen LogP) is 4.63. The Labute approximate surface area is 214 Å². The van der Waals surface area contributed by atoms with Gasteiger partial charge < -0.3 is 25.5 Å². The van der Waals surface area contributed by atoms with Crippen molar-refractivity contribution in [2.45, 2.75) is 17.9 Å². The van der Waals surface area contributed by atoms with Gasteiger partial charge in [-0.2, -0.15) is 0 Å². The summed E-state index contributed by atoms with van der Waals surface area (Å²) in [4.78, 5) is 18.7. The molecule has 1 saturated heterocycles. The highest BCUT2D eigenvalue weighted by Crippen LogP contribution is 2.28. The number of nitrogens with one attached hydrogen (secondary N) is 2. The number of nitrogens with zero attached hydrogens (tertiary/aromatic N) is 1. The molecule has 35 heavy (non-hydrogen) atoms. The number of morpholine rings is 1. The third-order valence-electron chi connectivity index (χ3n) is 5.52. The number of aromatic amines is 1. The Hall–Kier alpha value is -3.04. The van der Waals surface area contributed by atoms with E-state index in [9.17, 15) is 4.79 Å². The zero-order valence-corrected chi connectivity index (χ0v) is 20.9. The fourth-order valence-corrected chi connectivity index (χ4v) is 4.15. The Bertz CT molecular complexity index is 1290. The van der Waals surface area contributed by atoms with Crippen LogP contribution in [0.2, 0.25) is 5.02 Å². The molecule has 5 rings (SSSR count). The number of fused-ring (bicyclic) bond motifs is 1. The van der Waals surface area contributed by atoms with E-state index in [0.717, 1.165) is 53.2 Å². The number of carbonyl (C=O) groups excluding carboxylic acids is 1. The Morgan fingerprint density at radius 3 is 2.63 bits per heavy atom. The van der Waals surface area contributed by atoms with Gasteiger partial charge in [0.2, 0.25) is 0 Å². The van der Waals surface area contributed by atoms with E-state index in [4.69, 9.17) is 26.8 Å². The molecule has 1 aliphatic heterocycles. The van der Waals surface area contributed by atoms with E-state index < -0.39 is 5.91 Å². The first kappa shape index (κ1) is 25.1. The molecule has 1 fully saturated rings. The number of H-pyrrole nitrogens is 1. The van der Waals surface area contributed by atoms with Crippen molar-refractivity contribution < 1.29 is 14.3 Å². The van der Waals surface area contributed by atoms with Crippen LogP contribution in [0.4, 0.5) is 0 Å². The molecular formula is C26H27ClN4O3S.